The summed E-state index contributed by atoms with van der Waals surface area (Å²) in [4.78, 5) is 0. The number of aryl methyl sites for hydroxylation is 2. The molecule has 0 amide bonds. The van der Waals surface area contributed by atoms with E-state index < -0.39 is 0 Å². The molecular weight excluding hydrogens is 246 g/mol. The van der Waals surface area contributed by atoms with Gasteiger partial charge in [0.25, 0.3) is 0 Å². The van der Waals surface area contributed by atoms with Crippen molar-refractivity contribution in [3.8, 4) is 11.3 Å². The highest BCUT2D eigenvalue weighted by molar-refractivity contribution is 5.85. The van der Waals surface area contributed by atoms with Gasteiger partial charge in [-0.1, -0.05) is 30.3 Å². The smallest absolute Gasteiger partial charge is 0.137 e. The minimum atomic E-state index is 0.206. The van der Waals surface area contributed by atoms with Crippen LogP contribution in [0.2, 0.25) is 0 Å². The fourth-order valence-electron chi connectivity index (χ4n) is 3.15. The summed E-state index contributed by atoms with van der Waals surface area (Å²) in [6.45, 7) is 2.08. The van der Waals surface area contributed by atoms with E-state index in [2.05, 4.69) is 49.4 Å². The van der Waals surface area contributed by atoms with Gasteiger partial charge in [-0.2, -0.15) is 0 Å². The van der Waals surface area contributed by atoms with Crippen molar-refractivity contribution in [1.29, 1.82) is 0 Å². The predicted molar refractivity (Wildman–Crippen MR) is 81.6 cm³/mol. The van der Waals surface area contributed by atoms with Crippen LogP contribution >= 0.6 is 0 Å². The first-order chi connectivity index (χ1) is 9.72. The van der Waals surface area contributed by atoms with Gasteiger partial charge in [0.05, 0.1) is 0 Å². The maximum atomic E-state index is 6.09. The van der Waals surface area contributed by atoms with Crippen LogP contribution in [0.4, 0.5) is 0 Å². The van der Waals surface area contributed by atoms with Crippen molar-refractivity contribution in [2.75, 3.05) is 0 Å². The average molecular weight is 263 g/mol. The van der Waals surface area contributed by atoms with Crippen LogP contribution in [0.25, 0.3) is 22.3 Å². The second-order valence-corrected chi connectivity index (χ2v) is 5.66. The second kappa shape index (κ2) is 4.22. The first-order valence-corrected chi connectivity index (χ1v) is 7.10. The van der Waals surface area contributed by atoms with E-state index in [-0.39, 0.29) is 6.04 Å². The zero-order valence-corrected chi connectivity index (χ0v) is 11.5. The maximum Gasteiger partial charge on any atom is 0.137 e. The van der Waals surface area contributed by atoms with E-state index >= 15 is 0 Å². The topological polar surface area (TPSA) is 39.2 Å². The molecule has 2 nitrogen and oxygen atoms in total. The lowest BCUT2D eigenvalue weighted by molar-refractivity contribution is 0.629. The molecule has 1 aliphatic rings. The third-order valence-electron chi connectivity index (χ3n) is 4.29. The normalized spacial score (nSPS) is 17.6. The highest BCUT2D eigenvalue weighted by Crippen LogP contribution is 2.35. The Hall–Kier alpha value is -2.06. The standard InChI is InChI=1S/C18H17NO/c1-11-3-2-4-14-10-17(20-18(11)14)13-5-7-15-12(9-13)6-8-16(15)19/h2-5,7,9-10,16H,6,8,19H2,1H3. The fourth-order valence-corrected chi connectivity index (χ4v) is 3.15. The minimum Gasteiger partial charge on any atom is -0.456 e. The van der Waals surface area contributed by atoms with Crippen molar-refractivity contribution in [2.45, 2.75) is 25.8 Å². The van der Waals surface area contributed by atoms with Crippen molar-refractivity contribution in [1.82, 2.24) is 0 Å². The summed E-state index contributed by atoms with van der Waals surface area (Å²) >= 11 is 0. The first kappa shape index (κ1) is 11.7. The molecule has 0 saturated carbocycles. The van der Waals surface area contributed by atoms with Gasteiger partial charge < -0.3 is 10.2 Å². The molecule has 1 aromatic heterocycles. The maximum absolute atomic E-state index is 6.09. The van der Waals surface area contributed by atoms with E-state index in [0.717, 1.165) is 35.1 Å². The number of hydrogen-bond donors (Lipinski definition) is 1. The second-order valence-electron chi connectivity index (χ2n) is 5.66. The van der Waals surface area contributed by atoms with Crippen molar-refractivity contribution in [2.24, 2.45) is 5.73 Å². The Morgan fingerprint density at radius 1 is 1.15 bits per heavy atom. The molecule has 0 radical (unpaired) electrons. The van der Waals surface area contributed by atoms with E-state index in [1.165, 1.54) is 16.7 Å². The number of fused-ring (bicyclic) bond motifs is 2. The van der Waals surface area contributed by atoms with Crippen LogP contribution in [0.1, 0.15) is 29.2 Å². The van der Waals surface area contributed by atoms with Crippen molar-refractivity contribution in [3.05, 3.63) is 59.2 Å². The predicted octanol–water partition coefficient (Wildman–Crippen LogP) is 4.35. The lowest BCUT2D eigenvalue weighted by atomic mass is 10.0. The molecule has 0 saturated heterocycles. The summed E-state index contributed by atoms with van der Waals surface area (Å²) in [6, 6.07) is 15.1. The first-order valence-electron chi connectivity index (χ1n) is 7.10. The number of rotatable bonds is 1. The highest BCUT2D eigenvalue weighted by Gasteiger charge is 2.19. The number of hydrogen-bond acceptors (Lipinski definition) is 2. The molecule has 0 bridgehead atoms. The van der Waals surface area contributed by atoms with Gasteiger partial charge >= 0.3 is 0 Å². The lowest BCUT2D eigenvalue weighted by Crippen LogP contribution is -2.04. The number of benzene rings is 2. The van der Waals surface area contributed by atoms with E-state index in [9.17, 15) is 0 Å². The van der Waals surface area contributed by atoms with Gasteiger partial charge in [-0.25, -0.2) is 0 Å². The molecule has 2 heteroatoms. The molecule has 2 aromatic carbocycles. The van der Waals surface area contributed by atoms with Crippen LogP contribution in [0.15, 0.2) is 46.9 Å². The molecule has 3 aromatic rings. The summed E-state index contributed by atoms with van der Waals surface area (Å²) in [5.74, 6) is 0.942. The summed E-state index contributed by atoms with van der Waals surface area (Å²) in [5.41, 5.74) is 12.1. The molecule has 1 heterocycles. The SMILES string of the molecule is Cc1cccc2cc(-c3ccc4c(c3)CCC4N)oc12. The van der Waals surface area contributed by atoms with Crippen molar-refractivity contribution in [3.63, 3.8) is 0 Å². The Morgan fingerprint density at radius 3 is 2.90 bits per heavy atom. The monoisotopic (exact) mass is 263 g/mol. The molecule has 0 fully saturated rings. The molecule has 4 rings (SSSR count). The molecular formula is C18H17NO. The molecule has 1 aliphatic carbocycles. The Morgan fingerprint density at radius 2 is 2.05 bits per heavy atom. The molecule has 0 aliphatic heterocycles. The zero-order valence-electron chi connectivity index (χ0n) is 11.5. The van der Waals surface area contributed by atoms with Crippen LogP contribution < -0.4 is 5.73 Å². The molecule has 1 unspecified atom stereocenters. The third-order valence-corrected chi connectivity index (χ3v) is 4.29. The van der Waals surface area contributed by atoms with Gasteiger partial charge in [0.2, 0.25) is 0 Å². The van der Waals surface area contributed by atoms with Gasteiger partial charge in [0.1, 0.15) is 11.3 Å². The van der Waals surface area contributed by atoms with Crippen molar-refractivity contribution >= 4 is 11.0 Å². The summed E-state index contributed by atoms with van der Waals surface area (Å²) in [7, 11) is 0. The van der Waals surface area contributed by atoms with E-state index in [0.29, 0.717) is 0 Å². The lowest BCUT2D eigenvalue weighted by Gasteiger charge is -2.05. The van der Waals surface area contributed by atoms with Gasteiger partial charge in [-0.3, -0.25) is 0 Å². The number of nitrogens with two attached hydrogens (primary N) is 1. The molecule has 0 spiro atoms. The third kappa shape index (κ3) is 1.69. The Balaban J connectivity index is 1.85. The summed E-state index contributed by atoms with van der Waals surface area (Å²) in [6.07, 6.45) is 2.13. The number of furan rings is 1. The van der Waals surface area contributed by atoms with E-state index in [1.807, 2.05) is 0 Å². The van der Waals surface area contributed by atoms with Gasteiger partial charge in [-0.15, -0.1) is 0 Å². The van der Waals surface area contributed by atoms with Crippen molar-refractivity contribution < 1.29 is 4.42 Å². The van der Waals surface area contributed by atoms with Crippen LogP contribution in [-0.2, 0) is 6.42 Å². The van der Waals surface area contributed by atoms with Crippen LogP contribution in [0, 0.1) is 6.92 Å². The van der Waals surface area contributed by atoms with Gasteiger partial charge in [0, 0.05) is 17.0 Å². The fraction of sp³-hybridized carbons (Fsp3) is 0.222. The molecule has 100 valence electrons. The Labute approximate surface area is 118 Å². The van der Waals surface area contributed by atoms with E-state index in [4.69, 9.17) is 10.2 Å². The molecule has 2 N–H and O–H groups in total. The summed E-state index contributed by atoms with van der Waals surface area (Å²) < 4.78 is 6.04. The quantitative estimate of drug-likeness (QED) is 0.708. The van der Waals surface area contributed by atoms with Crippen LogP contribution in [-0.4, -0.2) is 0 Å². The van der Waals surface area contributed by atoms with Gasteiger partial charge in [0.15, 0.2) is 0 Å². The van der Waals surface area contributed by atoms with Crippen LogP contribution in [0.3, 0.4) is 0 Å². The minimum absolute atomic E-state index is 0.206. The summed E-state index contributed by atoms with van der Waals surface area (Å²) in [5, 5.41) is 1.16. The molecule has 20 heavy (non-hydrogen) atoms. The largest absolute Gasteiger partial charge is 0.456 e. The number of para-hydroxylation sites is 1. The zero-order chi connectivity index (χ0) is 13.7. The van der Waals surface area contributed by atoms with Crippen LogP contribution in [0.5, 0.6) is 0 Å². The van der Waals surface area contributed by atoms with Gasteiger partial charge in [-0.05, 0) is 48.6 Å². The highest BCUT2D eigenvalue weighted by atomic mass is 16.3. The van der Waals surface area contributed by atoms with E-state index in [1.54, 1.807) is 0 Å². The Bertz CT molecular complexity index is 800. The molecule has 1 atom stereocenters. The average Bonchev–Trinajstić information content (AvgIpc) is 3.04. The Kier molecular flexibility index (Phi) is 2.48.